The van der Waals surface area contributed by atoms with Crippen LogP contribution >= 0.6 is 0 Å². The van der Waals surface area contributed by atoms with Gasteiger partial charge in [-0.05, 0) is 31.5 Å². The predicted octanol–water partition coefficient (Wildman–Crippen LogP) is 4.09. The van der Waals surface area contributed by atoms with Crippen molar-refractivity contribution in [2.45, 2.75) is 32.4 Å². The highest BCUT2D eigenvalue weighted by Crippen LogP contribution is 2.32. The summed E-state index contributed by atoms with van der Waals surface area (Å²) in [6.07, 6.45) is 2.40. The van der Waals surface area contributed by atoms with Crippen molar-refractivity contribution in [2.24, 2.45) is 15.8 Å². The van der Waals surface area contributed by atoms with Crippen molar-refractivity contribution in [3.63, 3.8) is 0 Å². The summed E-state index contributed by atoms with van der Waals surface area (Å²) >= 11 is 0. The molecule has 2 aromatic rings. The first-order valence-corrected chi connectivity index (χ1v) is 11.5. The number of aliphatic imine (C=N–C) groups is 1. The van der Waals surface area contributed by atoms with Gasteiger partial charge in [0.2, 0.25) is 0 Å². The van der Waals surface area contributed by atoms with Crippen molar-refractivity contribution in [2.75, 3.05) is 26.8 Å². The average molecular weight is 517 g/mol. The van der Waals surface area contributed by atoms with Gasteiger partial charge in [0.25, 0.3) is 0 Å². The van der Waals surface area contributed by atoms with E-state index in [0.717, 1.165) is 12.3 Å². The van der Waals surface area contributed by atoms with E-state index in [9.17, 15) is 18.0 Å². The van der Waals surface area contributed by atoms with Crippen LogP contribution in [0.4, 0.5) is 23.8 Å². The van der Waals surface area contributed by atoms with Crippen molar-refractivity contribution in [3.8, 4) is 5.75 Å². The number of hydrogen-bond acceptors (Lipinski definition) is 7. The second-order valence-corrected chi connectivity index (χ2v) is 8.79. The number of likely N-dealkylation sites (tertiary alicyclic amines) is 1. The zero-order chi connectivity index (χ0) is 26.7. The minimum absolute atomic E-state index is 0.0484. The van der Waals surface area contributed by atoms with E-state index in [1.54, 1.807) is 21.0 Å². The van der Waals surface area contributed by atoms with Crippen molar-refractivity contribution in [3.05, 3.63) is 64.7 Å². The number of allylic oxidation sites excluding steroid dienone is 1. The summed E-state index contributed by atoms with van der Waals surface area (Å²) in [6, 6.07) is 3.46. The number of halogens is 3. The molecule has 0 aliphatic carbocycles. The Hall–Kier alpha value is -3.93. The number of carbonyl (C=O) groups is 1. The number of methoxy groups -OCH3 is 1. The smallest absolute Gasteiger partial charge is 0.341 e. The van der Waals surface area contributed by atoms with Gasteiger partial charge in [0.05, 0.1) is 31.9 Å². The monoisotopic (exact) mass is 516 g/mol. The average Bonchev–Trinajstić information content (AvgIpc) is 3.30. The van der Waals surface area contributed by atoms with Crippen LogP contribution in [0.15, 0.2) is 51.8 Å². The maximum absolute atomic E-state index is 14.4. The maximum atomic E-state index is 14.4. The molecule has 4 rings (SSSR count). The molecule has 1 saturated heterocycles. The second-order valence-electron chi connectivity index (χ2n) is 8.79. The van der Waals surface area contributed by atoms with Crippen LogP contribution in [0.3, 0.4) is 0 Å². The lowest BCUT2D eigenvalue weighted by Crippen LogP contribution is -2.58. The summed E-state index contributed by atoms with van der Waals surface area (Å²) in [6.45, 7) is 4.11. The van der Waals surface area contributed by atoms with E-state index >= 15 is 0 Å². The molecular weight excluding hydrogens is 489 g/mol. The number of ether oxygens (including phenoxy) is 2. The molecule has 2 aliphatic heterocycles. The zero-order valence-corrected chi connectivity index (χ0v) is 20.6. The quantitative estimate of drug-likeness (QED) is 0.558. The molecule has 9 nitrogen and oxygen atoms in total. The van der Waals surface area contributed by atoms with Gasteiger partial charge in [-0.1, -0.05) is 0 Å². The number of benzene rings is 1. The topological polar surface area (TPSA) is 106 Å². The van der Waals surface area contributed by atoms with Crippen molar-refractivity contribution < 1.29 is 27.4 Å². The molecular formula is C25H27F3N6O3. The Morgan fingerprint density at radius 2 is 1.86 bits per heavy atom. The number of pyridine rings is 1. The standard InChI is InChI=1S/C25H27F3N6O3/c1-14(29)20(13-36-3)15(2)32-24-9-23(21(28)10-30-24)37-19-11-33(12-19)25(35)34-22(4-5-31-34)16-6-17(26)8-18(27)7-16/h5-10,19,22H,4,11-13,29H2,1-3H3/t22-/m0/s1. The van der Waals surface area contributed by atoms with Crippen molar-refractivity contribution in [1.29, 1.82) is 0 Å². The largest absolute Gasteiger partial charge is 0.483 e. The normalized spacial score (nSPS) is 18.6. The first kappa shape index (κ1) is 26.1. The van der Waals surface area contributed by atoms with Crippen molar-refractivity contribution in [1.82, 2.24) is 14.9 Å². The Morgan fingerprint density at radius 3 is 2.51 bits per heavy atom. The van der Waals surface area contributed by atoms with Crippen LogP contribution < -0.4 is 10.5 Å². The summed E-state index contributed by atoms with van der Waals surface area (Å²) in [4.78, 5) is 22.8. The van der Waals surface area contributed by atoms with E-state index in [0.29, 0.717) is 29.0 Å². The Labute approximate surface area is 212 Å². The highest BCUT2D eigenvalue weighted by atomic mass is 19.1. The molecule has 3 heterocycles. The highest BCUT2D eigenvalue weighted by molar-refractivity contribution is 6.00. The predicted molar refractivity (Wildman–Crippen MR) is 131 cm³/mol. The second kappa shape index (κ2) is 11.0. The third kappa shape index (κ3) is 5.91. The highest BCUT2D eigenvalue weighted by Gasteiger charge is 2.39. The summed E-state index contributed by atoms with van der Waals surface area (Å²) in [5.41, 5.74) is 8.03. The van der Waals surface area contributed by atoms with Gasteiger partial charge in [0.15, 0.2) is 17.4 Å². The number of rotatable bonds is 7. The first-order chi connectivity index (χ1) is 17.7. The summed E-state index contributed by atoms with van der Waals surface area (Å²) in [5, 5.41) is 5.28. The molecule has 0 saturated carbocycles. The van der Waals surface area contributed by atoms with Crippen LogP contribution in [0.2, 0.25) is 0 Å². The fraction of sp³-hybridized carbons (Fsp3) is 0.360. The summed E-state index contributed by atoms with van der Waals surface area (Å²) in [5.74, 6) is -1.94. The zero-order valence-electron chi connectivity index (χ0n) is 20.6. The number of hydrazone groups is 1. The van der Waals surface area contributed by atoms with E-state index in [1.165, 1.54) is 34.3 Å². The molecule has 1 atom stereocenters. The van der Waals surface area contributed by atoms with Gasteiger partial charge in [-0.2, -0.15) is 5.10 Å². The molecule has 0 spiro atoms. The molecule has 2 N–H and O–H groups in total. The Bertz CT molecular complexity index is 1250. The Kier molecular flexibility index (Phi) is 7.77. The van der Waals surface area contributed by atoms with Crippen molar-refractivity contribution >= 4 is 23.8 Å². The van der Waals surface area contributed by atoms with Gasteiger partial charge in [0, 0.05) is 48.9 Å². The van der Waals surface area contributed by atoms with E-state index in [-0.39, 0.29) is 31.3 Å². The summed E-state index contributed by atoms with van der Waals surface area (Å²) in [7, 11) is 1.54. The number of hydrogen-bond donors (Lipinski definition) is 1. The molecule has 0 unspecified atom stereocenters. The lowest BCUT2D eigenvalue weighted by molar-refractivity contribution is 0.0256. The van der Waals surface area contributed by atoms with E-state index in [2.05, 4.69) is 15.1 Å². The lowest BCUT2D eigenvalue weighted by atomic mass is 10.0. The molecule has 196 valence electrons. The van der Waals surface area contributed by atoms with Gasteiger partial charge in [-0.3, -0.25) is 0 Å². The molecule has 1 fully saturated rings. The fourth-order valence-electron chi connectivity index (χ4n) is 4.08. The van der Waals surface area contributed by atoms with Gasteiger partial charge in [0.1, 0.15) is 17.7 Å². The fourth-order valence-corrected chi connectivity index (χ4v) is 4.08. The molecule has 0 bridgehead atoms. The lowest BCUT2D eigenvalue weighted by Gasteiger charge is -2.41. The number of carbonyl (C=O) groups excluding carboxylic acids is 1. The molecule has 12 heteroatoms. The van der Waals surface area contributed by atoms with Gasteiger partial charge in [-0.15, -0.1) is 0 Å². The molecule has 1 aromatic carbocycles. The summed E-state index contributed by atoms with van der Waals surface area (Å²) < 4.78 is 52.6. The Morgan fingerprint density at radius 1 is 1.16 bits per heavy atom. The van der Waals surface area contributed by atoms with Crippen LogP contribution in [0.5, 0.6) is 5.75 Å². The first-order valence-electron chi connectivity index (χ1n) is 11.5. The van der Waals surface area contributed by atoms with Crippen LogP contribution in [0.1, 0.15) is 31.9 Å². The van der Waals surface area contributed by atoms with E-state index < -0.39 is 35.6 Å². The Balaban J connectivity index is 1.40. The minimum Gasteiger partial charge on any atom is -0.483 e. The molecule has 37 heavy (non-hydrogen) atoms. The number of aromatic nitrogens is 1. The van der Waals surface area contributed by atoms with Gasteiger partial charge in [-0.25, -0.2) is 33.0 Å². The van der Waals surface area contributed by atoms with Crippen LogP contribution in [-0.2, 0) is 4.74 Å². The third-order valence-corrected chi connectivity index (χ3v) is 6.00. The maximum Gasteiger partial charge on any atom is 0.341 e. The van der Waals surface area contributed by atoms with E-state index in [1.807, 2.05) is 0 Å². The van der Waals surface area contributed by atoms with E-state index in [4.69, 9.17) is 15.2 Å². The number of nitrogens with zero attached hydrogens (tertiary/aromatic N) is 5. The molecule has 0 radical (unpaired) electrons. The number of urea groups is 1. The molecule has 2 amide bonds. The SMILES string of the molecule is COCC(C(C)=Nc1cc(OC2CN(C(=O)N3N=CC[C@H]3c3cc(F)cc(F)c3)C2)c(F)cn1)=C(C)N. The molecule has 1 aromatic heterocycles. The number of nitrogens with two attached hydrogens (primary N) is 1. The van der Waals surface area contributed by atoms with Gasteiger partial charge >= 0.3 is 6.03 Å². The van der Waals surface area contributed by atoms with Crippen LogP contribution in [-0.4, -0.2) is 65.8 Å². The van der Waals surface area contributed by atoms with Crippen LogP contribution in [0.25, 0.3) is 0 Å². The molecule has 2 aliphatic rings. The third-order valence-electron chi connectivity index (χ3n) is 6.00. The van der Waals surface area contributed by atoms with Crippen LogP contribution in [0, 0.1) is 17.5 Å². The minimum atomic E-state index is -0.728. The number of amides is 2. The van der Waals surface area contributed by atoms with Gasteiger partial charge < -0.3 is 20.1 Å².